The Hall–Kier alpha value is -2.19. The zero-order chi connectivity index (χ0) is 20.1. The lowest BCUT2D eigenvalue weighted by Crippen LogP contribution is -2.28. The van der Waals surface area contributed by atoms with Gasteiger partial charge in [0, 0.05) is 24.8 Å². The highest BCUT2D eigenvalue weighted by molar-refractivity contribution is 7.98. The Morgan fingerprint density at radius 2 is 1.96 bits per heavy atom. The zero-order valence-electron chi connectivity index (χ0n) is 16.8. The minimum absolute atomic E-state index is 0.261. The first kappa shape index (κ1) is 20.5. The summed E-state index contributed by atoms with van der Waals surface area (Å²) in [5.41, 5.74) is 7.20. The lowest BCUT2D eigenvalue weighted by Gasteiger charge is -2.23. The largest absolute Gasteiger partial charge is 0.496 e. The molecule has 28 heavy (non-hydrogen) atoms. The summed E-state index contributed by atoms with van der Waals surface area (Å²) >= 11 is 1.60. The summed E-state index contributed by atoms with van der Waals surface area (Å²) in [4.78, 5) is 9.76. The summed E-state index contributed by atoms with van der Waals surface area (Å²) in [7, 11) is 1.68. The van der Waals surface area contributed by atoms with Gasteiger partial charge in [-0.2, -0.15) is 4.98 Å². The van der Waals surface area contributed by atoms with Crippen molar-refractivity contribution in [1.29, 1.82) is 0 Å². The fourth-order valence-corrected chi connectivity index (χ4v) is 3.66. The van der Waals surface area contributed by atoms with Gasteiger partial charge in [0.25, 0.3) is 0 Å². The number of thioether (sulfide) groups is 1. The van der Waals surface area contributed by atoms with E-state index >= 15 is 0 Å². The van der Waals surface area contributed by atoms with Crippen LogP contribution in [0.4, 0.5) is 11.8 Å². The standard InChI is InChI=1S/C20H28N4O3S/c1-12(2)14-9-16(25-3)18(28-4)10-15(14)27-17-11-22-20(24-19(17)21)23-13-5-7-26-8-6-13/h9-13H,5-8H2,1-4H3,(H3,21,22,23,24). The Balaban J connectivity index is 1.82. The minimum Gasteiger partial charge on any atom is -0.496 e. The van der Waals surface area contributed by atoms with Crippen molar-refractivity contribution in [3.05, 3.63) is 23.9 Å². The van der Waals surface area contributed by atoms with E-state index in [-0.39, 0.29) is 5.92 Å². The maximum Gasteiger partial charge on any atom is 0.225 e. The van der Waals surface area contributed by atoms with E-state index in [1.807, 2.05) is 18.4 Å². The van der Waals surface area contributed by atoms with Crippen LogP contribution in [0, 0.1) is 0 Å². The first-order valence-corrected chi connectivity index (χ1v) is 10.6. The molecule has 1 aliphatic rings. The van der Waals surface area contributed by atoms with Gasteiger partial charge in [-0.25, -0.2) is 4.98 Å². The van der Waals surface area contributed by atoms with Gasteiger partial charge < -0.3 is 25.3 Å². The Bertz CT molecular complexity index is 810. The smallest absolute Gasteiger partial charge is 0.225 e. The molecule has 2 aromatic rings. The van der Waals surface area contributed by atoms with Gasteiger partial charge in [0.2, 0.25) is 5.95 Å². The average Bonchev–Trinajstić information content (AvgIpc) is 2.70. The molecule has 1 aromatic carbocycles. The Morgan fingerprint density at radius 3 is 2.57 bits per heavy atom. The number of methoxy groups -OCH3 is 1. The van der Waals surface area contributed by atoms with Gasteiger partial charge in [0.15, 0.2) is 11.6 Å². The molecule has 152 valence electrons. The minimum atomic E-state index is 0.261. The van der Waals surface area contributed by atoms with Gasteiger partial charge in [-0.15, -0.1) is 11.8 Å². The number of nitrogen functional groups attached to an aromatic ring is 1. The first-order chi connectivity index (χ1) is 13.5. The average molecular weight is 405 g/mol. The molecule has 0 bridgehead atoms. The quantitative estimate of drug-likeness (QED) is 0.660. The second kappa shape index (κ2) is 9.34. The predicted molar refractivity (Wildman–Crippen MR) is 113 cm³/mol. The van der Waals surface area contributed by atoms with Crippen LogP contribution in [0.2, 0.25) is 0 Å². The summed E-state index contributed by atoms with van der Waals surface area (Å²) in [5.74, 6) is 3.10. The number of ether oxygens (including phenoxy) is 3. The lowest BCUT2D eigenvalue weighted by atomic mass is 10.0. The Labute approximate surface area is 170 Å². The molecule has 2 heterocycles. The van der Waals surface area contributed by atoms with Crippen LogP contribution in [-0.2, 0) is 4.74 Å². The highest BCUT2D eigenvalue weighted by Gasteiger charge is 2.18. The van der Waals surface area contributed by atoms with Crippen molar-refractivity contribution in [2.75, 3.05) is 37.6 Å². The molecule has 3 N–H and O–H groups in total. The first-order valence-electron chi connectivity index (χ1n) is 9.42. The molecule has 8 heteroatoms. The Kier molecular flexibility index (Phi) is 6.85. The van der Waals surface area contributed by atoms with Crippen molar-refractivity contribution in [3.8, 4) is 17.2 Å². The molecule has 1 aliphatic heterocycles. The maximum absolute atomic E-state index is 6.16. The van der Waals surface area contributed by atoms with Gasteiger partial charge in [-0.3, -0.25) is 0 Å². The van der Waals surface area contributed by atoms with E-state index in [9.17, 15) is 0 Å². The van der Waals surface area contributed by atoms with Crippen LogP contribution < -0.4 is 20.5 Å². The fraction of sp³-hybridized carbons (Fsp3) is 0.500. The third kappa shape index (κ3) is 4.80. The van der Waals surface area contributed by atoms with Crippen molar-refractivity contribution >= 4 is 23.5 Å². The summed E-state index contributed by atoms with van der Waals surface area (Å²) in [6, 6.07) is 4.30. The molecule has 0 radical (unpaired) electrons. The highest BCUT2D eigenvalue weighted by Crippen LogP contribution is 2.40. The number of nitrogens with zero attached hydrogens (tertiary/aromatic N) is 2. The van der Waals surface area contributed by atoms with Crippen molar-refractivity contribution < 1.29 is 14.2 Å². The second-order valence-corrected chi connectivity index (χ2v) is 7.82. The van der Waals surface area contributed by atoms with Crippen molar-refractivity contribution in [2.24, 2.45) is 0 Å². The number of hydrogen-bond acceptors (Lipinski definition) is 8. The molecule has 0 saturated carbocycles. The van der Waals surface area contributed by atoms with Crippen molar-refractivity contribution in [1.82, 2.24) is 9.97 Å². The summed E-state index contributed by atoms with van der Waals surface area (Å²) < 4.78 is 17.0. The maximum atomic E-state index is 6.16. The summed E-state index contributed by atoms with van der Waals surface area (Å²) in [6.07, 6.45) is 5.49. The predicted octanol–water partition coefficient (Wildman–Crippen LogP) is 4.30. The molecule has 1 saturated heterocycles. The van der Waals surface area contributed by atoms with E-state index in [1.165, 1.54) is 0 Å². The molecule has 1 aromatic heterocycles. The van der Waals surface area contributed by atoms with Crippen LogP contribution in [-0.4, -0.2) is 42.6 Å². The molecule has 0 spiro atoms. The zero-order valence-corrected chi connectivity index (χ0v) is 17.6. The van der Waals surface area contributed by atoms with Gasteiger partial charge in [-0.1, -0.05) is 13.8 Å². The van der Waals surface area contributed by atoms with Crippen LogP contribution >= 0.6 is 11.8 Å². The Morgan fingerprint density at radius 1 is 1.21 bits per heavy atom. The molecule has 3 rings (SSSR count). The van der Waals surface area contributed by atoms with Gasteiger partial charge in [-0.05, 0) is 37.1 Å². The van der Waals surface area contributed by atoms with Gasteiger partial charge in [0.1, 0.15) is 11.5 Å². The third-order valence-electron chi connectivity index (χ3n) is 4.70. The molecule has 0 aliphatic carbocycles. The van der Waals surface area contributed by atoms with Crippen LogP contribution in [0.3, 0.4) is 0 Å². The fourth-order valence-electron chi connectivity index (χ4n) is 3.09. The molecule has 7 nitrogen and oxygen atoms in total. The molecular weight excluding hydrogens is 376 g/mol. The summed E-state index contributed by atoms with van der Waals surface area (Å²) in [5, 5.41) is 3.32. The second-order valence-electron chi connectivity index (χ2n) is 6.98. The normalized spacial score (nSPS) is 14.9. The molecule has 0 atom stereocenters. The van der Waals surface area contributed by atoms with E-state index in [1.54, 1.807) is 25.1 Å². The van der Waals surface area contributed by atoms with E-state index < -0.39 is 0 Å². The SMILES string of the molecule is COc1cc(C(C)C)c(Oc2cnc(NC3CCOCC3)nc2N)cc1SC. The van der Waals surface area contributed by atoms with Crippen molar-refractivity contribution in [3.63, 3.8) is 0 Å². The third-order valence-corrected chi connectivity index (χ3v) is 5.45. The molecule has 0 unspecified atom stereocenters. The van der Waals surface area contributed by atoms with Gasteiger partial charge in [0.05, 0.1) is 18.2 Å². The monoisotopic (exact) mass is 404 g/mol. The van der Waals surface area contributed by atoms with Crippen LogP contribution in [0.1, 0.15) is 38.2 Å². The number of rotatable bonds is 7. The number of aromatic nitrogens is 2. The molecular formula is C20H28N4O3S. The van der Waals surface area contributed by atoms with E-state index in [0.29, 0.717) is 23.6 Å². The highest BCUT2D eigenvalue weighted by atomic mass is 32.2. The van der Waals surface area contributed by atoms with E-state index in [0.717, 1.165) is 48.0 Å². The van der Waals surface area contributed by atoms with E-state index in [4.69, 9.17) is 19.9 Å². The van der Waals surface area contributed by atoms with Gasteiger partial charge >= 0.3 is 0 Å². The number of nitrogens with one attached hydrogen (secondary N) is 1. The van der Waals surface area contributed by atoms with Crippen LogP contribution in [0.5, 0.6) is 17.2 Å². The molecule has 0 amide bonds. The number of nitrogens with two attached hydrogens (primary N) is 1. The molecule has 1 fully saturated rings. The number of hydrogen-bond donors (Lipinski definition) is 2. The topological polar surface area (TPSA) is 91.5 Å². The van der Waals surface area contributed by atoms with Crippen LogP contribution in [0.25, 0.3) is 0 Å². The van der Waals surface area contributed by atoms with Crippen molar-refractivity contribution in [2.45, 2.75) is 43.5 Å². The number of anilines is 2. The summed E-state index contributed by atoms with van der Waals surface area (Å²) in [6.45, 7) is 5.73. The van der Waals surface area contributed by atoms with Crippen LogP contribution in [0.15, 0.2) is 23.2 Å². The number of benzene rings is 1. The lowest BCUT2D eigenvalue weighted by molar-refractivity contribution is 0.0903. The van der Waals surface area contributed by atoms with E-state index in [2.05, 4.69) is 29.1 Å².